The first-order chi connectivity index (χ1) is 28.2. The summed E-state index contributed by atoms with van der Waals surface area (Å²) in [5.74, 6) is -0.960. The van der Waals surface area contributed by atoms with Crippen molar-refractivity contribution < 1.29 is 47.8 Å². The molecule has 0 aromatic heterocycles. The quantitative estimate of drug-likeness (QED) is 0.0235. The number of carbonyl (C=O) groups excluding carboxylic acids is 2. The molecule has 58 heavy (non-hydrogen) atoms. The van der Waals surface area contributed by atoms with Gasteiger partial charge >= 0.3 is 19.8 Å². The van der Waals surface area contributed by atoms with Crippen molar-refractivity contribution in [1.82, 2.24) is 0 Å². The molecule has 0 aliphatic heterocycles. The van der Waals surface area contributed by atoms with Crippen LogP contribution in [0.5, 0.6) is 0 Å². The van der Waals surface area contributed by atoms with E-state index in [4.69, 9.17) is 23.6 Å². The number of ether oxygens (including phenoxy) is 2. The Kier molecular flexibility index (Phi) is 41.1. The first-order valence-electron chi connectivity index (χ1n) is 22.7. The van der Waals surface area contributed by atoms with Crippen LogP contribution in [-0.4, -0.2) is 65.7 Å². The second-order valence-corrected chi connectivity index (χ2v) is 16.5. The molecule has 0 fully saturated rings. The second kappa shape index (κ2) is 42.8. The predicted octanol–water partition coefficient (Wildman–Crippen LogP) is 12.3. The van der Waals surface area contributed by atoms with Crippen LogP contribution >= 0.6 is 7.82 Å². The molecule has 11 heteroatoms. The minimum Gasteiger partial charge on any atom is -0.462 e. The van der Waals surface area contributed by atoms with Crippen molar-refractivity contribution in [2.45, 2.75) is 199 Å². The molecule has 336 valence electrons. The molecule has 0 heterocycles. The van der Waals surface area contributed by atoms with Crippen molar-refractivity contribution >= 4 is 19.8 Å². The number of unbranched alkanes of at least 4 members (excludes halogenated alkanes) is 18. The lowest BCUT2D eigenvalue weighted by atomic mass is 10.0. The number of aliphatic hydroxyl groups is 2. The highest BCUT2D eigenvalue weighted by atomic mass is 31.2. The van der Waals surface area contributed by atoms with Crippen LogP contribution in [0.4, 0.5) is 0 Å². The molecule has 0 saturated heterocycles. The summed E-state index contributed by atoms with van der Waals surface area (Å²) >= 11 is 0. The number of allylic oxidation sites excluding steroid dienone is 10. The molecule has 0 saturated carbocycles. The number of hydrogen-bond acceptors (Lipinski definition) is 9. The normalized spacial score (nSPS) is 14.4. The van der Waals surface area contributed by atoms with Gasteiger partial charge < -0.3 is 24.6 Å². The third-order valence-corrected chi connectivity index (χ3v) is 10.4. The van der Waals surface area contributed by atoms with Gasteiger partial charge in [0.25, 0.3) is 0 Å². The standard InChI is InChI=1S/C47H83O10P/c1-3-5-7-9-11-13-15-17-19-21-22-23-25-26-28-30-32-34-36-38-46(50)54-42-45(43-56-58(52,53)55-41-44(49)40-48)57-47(51)39-37-35-33-31-29-27-24-20-18-16-14-12-10-8-6-4-2/h5,7,11,13,17,19,22-23,26,28,44-45,48-49H,3-4,6,8-10,12,14-16,18,20-21,24-25,27,29-43H2,1-2H3,(H,52,53)/b7-5+,13-11+,19-17+,23-22+,28-26+/t44-,45+/m0/s1. The molecule has 1 unspecified atom stereocenters. The molecule has 0 aromatic carbocycles. The number of rotatable bonds is 42. The Hall–Kier alpha value is -2.33. The number of esters is 2. The minimum absolute atomic E-state index is 0.177. The summed E-state index contributed by atoms with van der Waals surface area (Å²) in [6.45, 7) is 2.24. The van der Waals surface area contributed by atoms with E-state index in [2.05, 4.69) is 74.6 Å². The molecular weight excluding hydrogens is 755 g/mol. The minimum atomic E-state index is -4.63. The Morgan fingerprint density at radius 2 is 0.948 bits per heavy atom. The van der Waals surface area contributed by atoms with E-state index in [1.165, 1.54) is 77.0 Å². The monoisotopic (exact) mass is 839 g/mol. The summed E-state index contributed by atoms with van der Waals surface area (Å²) in [6.07, 6.45) is 47.5. The van der Waals surface area contributed by atoms with Gasteiger partial charge in [0, 0.05) is 12.8 Å². The number of phosphoric acid groups is 1. The molecule has 3 atom stereocenters. The molecule has 0 amide bonds. The van der Waals surface area contributed by atoms with Crippen molar-refractivity contribution in [3.05, 3.63) is 60.8 Å². The van der Waals surface area contributed by atoms with Gasteiger partial charge in [0.15, 0.2) is 6.10 Å². The van der Waals surface area contributed by atoms with E-state index in [9.17, 15) is 24.2 Å². The highest BCUT2D eigenvalue weighted by Crippen LogP contribution is 2.43. The fraction of sp³-hybridized carbons (Fsp3) is 0.745. The summed E-state index contributed by atoms with van der Waals surface area (Å²) in [6, 6.07) is 0. The maximum absolute atomic E-state index is 12.6. The van der Waals surface area contributed by atoms with Crippen molar-refractivity contribution in [3.63, 3.8) is 0 Å². The number of phosphoric ester groups is 1. The molecule has 0 radical (unpaired) electrons. The maximum Gasteiger partial charge on any atom is 0.472 e. The fourth-order valence-electron chi connectivity index (χ4n) is 5.96. The van der Waals surface area contributed by atoms with Crippen LogP contribution in [0, 0.1) is 0 Å². The van der Waals surface area contributed by atoms with Gasteiger partial charge in [-0.3, -0.25) is 18.6 Å². The van der Waals surface area contributed by atoms with Crippen molar-refractivity contribution in [2.24, 2.45) is 0 Å². The molecule has 0 bridgehead atoms. The molecular formula is C47H83O10P. The lowest BCUT2D eigenvalue weighted by Crippen LogP contribution is -2.29. The Balaban J connectivity index is 4.32. The van der Waals surface area contributed by atoms with Crippen LogP contribution in [0.1, 0.15) is 187 Å². The van der Waals surface area contributed by atoms with E-state index in [0.29, 0.717) is 12.8 Å². The van der Waals surface area contributed by atoms with E-state index in [1.54, 1.807) is 0 Å². The zero-order valence-corrected chi connectivity index (χ0v) is 37.4. The Morgan fingerprint density at radius 3 is 1.43 bits per heavy atom. The molecule has 0 aliphatic rings. The molecule has 0 aromatic rings. The molecule has 0 rings (SSSR count). The van der Waals surface area contributed by atoms with E-state index in [0.717, 1.165) is 70.6 Å². The Bertz CT molecular complexity index is 1150. The lowest BCUT2D eigenvalue weighted by molar-refractivity contribution is -0.161. The summed E-state index contributed by atoms with van der Waals surface area (Å²) < 4.78 is 32.7. The van der Waals surface area contributed by atoms with Gasteiger partial charge in [-0.05, 0) is 57.8 Å². The van der Waals surface area contributed by atoms with Crippen LogP contribution in [0.25, 0.3) is 0 Å². The van der Waals surface area contributed by atoms with Crippen LogP contribution in [0.15, 0.2) is 60.8 Å². The maximum atomic E-state index is 12.6. The zero-order valence-electron chi connectivity index (χ0n) is 36.5. The van der Waals surface area contributed by atoms with Crippen LogP contribution < -0.4 is 0 Å². The van der Waals surface area contributed by atoms with Crippen molar-refractivity contribution in [1.29, 1.82) is 0 Å². The van der Waals surface area contributed by atoms with Crippen molar-refractivity contribution in [2.75, 3.05) is 26.4 Å². The lowest BCUT2D eigenvalue weighted by Gasteiger charge is -2.20. The third kappa shape index (κ3) is 41.8. The van der Waals surface area contributed by atoms with Crippen LogP contribution in [-0.2, 0) is 32.7 Å². The van der Waals surface area contributed by atoms with Crippen LogP contribution in [0.3, 0.4) is 0 Å². The van der Waals surface area contributed by atoms with E-state index in [-0.39, 0.29) is 19.4 Å². The molecule has 0 spiro atoms. The fourth-order valence-corrected chi connectivity index (χ4v) is 6.75. The van der Waals surface area contributed by atoms with Gasteiger partial charge in [0.1, 0.15) is 12.7 Å². The smallest absolute Gasteiger partial charge is 0.462 e. The van der Waals surface area contributed by atoms with Gasteiger partial charge in [0.05, 0.1) is 19.8 Å². The Morgan fingerprint density at radius 1 is 0.534 bits per heavy atom. The summed E-state index contributed by atoms with van der Waals surface area (Å²) in [4.78, 5) is 35.0. The van der Waals surface area contributed by atoms with Gasteiger partial charge in [0.2, 0.25) is 0 Å². The number of carbonyl (C=O) groups is 2. The SMILES string of the molecule is CC/C=C/C/C=C/C/C=C/C/C=C/C/C=C/CCCCCC(=O)OC[C@H](COP(=O)(O)OC[C@@H](O)CO)OC(=O)CCCCCCCCCCCCCCCCCC. The van der Waals surface area contributed by atoms with Gasteiger partial charge in [-0.25, -0.2) is 4.57 Å². The Labute approximate surface area is 353 Å². The van der Waals surface area contributed by atoms with E-state index < -0.39 is 51.8 Å². The van der Waals surface area contributed by atoms with Crippen LogP contribution in [0.2, 0.25) is 0 Å². The predicted molar refractivity (Wildman–Crippen MR) is 237 cm³/mol. The zero-order chi connectivity index (χ0) is 42.6. The topological polar surface area (TPSA) is 149 Å². The van der Waals surface area contributed by atoms with E-state index >= 15 is 0 Å². The second-order valence-electron chi connectivity index (χ2n) is 15.1. The van der Waals surface area contributed by atoms with E-state index in [1.807, 2.05) is 0 Å². The average molecular weight is 839 g/mol. The average Bonchev–Trinajstić information content (AvgIpc) is 3.21. The summed E-state index contributed by atoms with van der Waals surface area (Å²) in [5.41, 5.74) is 0. The molecule has 3 N–H and O–H groups in total. The van der Waals surface area contributed by atoms with Gasteiger partial charge in [-0.2, -0.15) is 0 Å². The highest BCUT2D eigenvalue weighted by Gasteiger charge is 2.27. The largest absolute Gasteiger partial charge is 0.472 e. The van der Waals surface area contributed by atoms with Gasteiger partial charge in [-0.15, -0.1) is 0 Å². The molecule has 0 aliphatic carbocycles. The first-order valence-corrected chi connectivity index (χ1v) is 24.2. The summed E-state index contributed by atoms with van der Waals surface area (Å²) in [5, 5.41) is 18.3. The first kappa shape index (κ1) is 55.7. The molecule has 10 nitrogen and oxygen atoms in total. The summed E-state index contributed by atoms with van der Waals surface area (Å²) in [7, 11) is -4.63. The highest BCUT2D eigenvalue weighted by molar-refractivity contribution is 7.47. The number of aliphatic hydroxyl groups excluding tert-OH is 2. The van der Waals surface area contributed by atoms with Gasteiger partial charge in [-0.1, -0.05) is 177 Å². The number of hydrogen-bond donors (Lipinski definition) is 3. The van der Waals surface area contributed by atoms with Crippen molar-refractivity contribution in [3.8, 4) is 0 Å². The third-order valence-electron chi connectivity index (χ3n) is 9.44.